The lowest BCUT2D eigenvalue weighted by Gasteiger charge is -2.09. The summed E-state index contributed by atoms with van der Waals surface area (Å²) in [6.45, 7) is 2.49. The van der Waals surface area contributed by atoms with E-state index in [9.17, 15) is 4.79 Å². The van der Waals surface area contributed by atoms with E-state index in [2.05, 4.69) is 15.5 Å². The molecule has 0 aliphatic heterocycles. The van der Waals surface area contributed by atoms with Gasteiger partial charge in [-0.1, -0.05) is 19.1 Å². The van der Waals surface area contributed by atoms with Crippen molar-refractivity contribution in [3.63, 3.8) is 0 Å². The van der Waals surface area contributed by atoms with Crippen molar-refractivity contribution in [2.45, 2.75) is 13.3 Å². The van der Waals surface area contributed by atoms with Crippen molar-refractivity contribution in [2.75, 3.05) is 25.6 Å². The molecule has 146 valence electrons. The number of amides is 1. The lowest BCUT2D eigenvalue weighted by Crippen LogP contribution is -2.21. The molecular formula is C20H21N3O5. The Labute approximate surface area is 162 Å². The van der Waals surface area contributed by atoms with E-state index in [4.69, 9.17) is 18.7 Å². The largest absolute Gasteiger partial charge is 0.494 e. The number of anilines is 1. The molecule has 3 rings (SSSR count). The maximum Gasteiger partial charge on any atom is 0.270 e. The van der Waals surface area contributed by atoms with E-state index in [0.717, 1.165) is 17.7 Å². The molecule has 0 aliphatic carbocycles. The van der Waals surface area contributed by atoms with Crippen LogP contribution in [0.1, 0.15) is 13.3 Å². The number of carbonyl (C=O) groups excluding carboxylic acids is 1. The minimum atomic E-state index is -0.415. The molecule has 0 radical (unpaired) electrons. The third-order valence-electron chi connectivity index (χ3n) is 3.68. The second-order valence-electron chi connectivity index (χ2n) is 5.78. The molecule has 8 heteroatoms. The normalized spacial score (nSPS) is 10.4. The molecule has 8 nitrogen and oxygen atoms in total. The van der Waals surface area contributed by atoms with Crippen LogP contribution in [0.5, 0.6) is 17.2 Å². The van der Waals surface area contributed by atoms with Crippen LogP contribution in [-0.2, 0) is 4.79 Å². The average Bonchev–Trinajstić information content (AvgIpc) is 3.19. The van der Waals surface area contributed by atoms with Gasteiger partial charge in [-0.25, -0.2) is 0 Å². The number of hydrogen-bond donors (Lipinski definition) is 1. The maximum absolute atomic E-state index is 12.1. The Morgan fingerprint density at radius 2 is 1.82 bits per heavy atom. The van der Waals surface area contributed by atoms with Gasteiger partial charge >= 0.3 is 0 Å². The molecule has 0 saturated carbocycles. The van der Waals surface area contributed by atoms with Crippen LogP contribution in [0.25, 0.3) is 11.5 Å². The van der Waals surface area contributed by atoms with Gasteiger partial charge < -0.3 is 18.7 Å². The fourth-order valence-corrected chi connectivity index (χ4v) is 2.35. The summed E-state index contributed by atoms with van der Waals surface area (Å²) in [4.78, 5) is 16.2. The van der Waals surface area contributed by atoms with E-state index in [1.807, 2.05) is 37.3 Å². The van der Waals surface area contributed by atoms with Crippen LogP contribution in [-0.4, -0.2) is 36.4 Å². The zero-order valence-corrected chi connectivity index (χ0v) is 15.7. The first kappa shape index (κ1) is 19.2. The molecule has 28 heavy (non-hydrogen) atoms. The Hall–Kier alpha value is -3.55. The van der Waals surface area contributed by atoms with Crippen LogP contribution in [0.4, 0.5) is 5.95 Å². The molecule has 0 fully saturated rings. The number of ether oxygens (including phenoxy) is 3. The summed E-state index contributed by atoms with van der Waals surface area (Å²) in [6, 6.07) is 14.4. The second kappa shape index (κ2) is 9.40. The number of rotatable bonds is 9. The molecule has 2 aromatic carbocycles. The van der Waals surface area contributed by atoms with Crippen molar-refractivity contribution in [1.29, 1.82) is 0 Å². The molecule has 0 unspecified atom stereocenters. The summed E-state index contributed by atoms with van der Waals surface area (Å²) in [5.74, 6) is 1.73. The van der Waals surface area contributed by atoms with Crippen LogP contribution in [0, 0.1) is 0 Å². The molecule has 1 aromatic heterocycles. The van der Waals surface area contributed by atoms with Crippen LogP contribution in [0.15, 0.2) is 53.1 Å². The summed E-state index contributed by atoms with van der Waals surface area (Å²) in [5, 5.41) is 6.30. The van der Waals surface area contributed by atoms with E-state index in [-0.39, 0.29) is 12.6 Å². The van der Waals surface area contributed by atoms with Gasteiger partial charge in [0.15, 0.2) is 18.1 Å². The Morgan fingerprint density at radius 3 is 2.54 bits per heavy atom. The topological polar surface area (TPSA) is 95.7 Å². The lowest BCUT2D eigenvalue weighted by atomic mass is 10.2. The number of carbonyl (C=O) groups is 1. The van der Waals surface area contributed by atoms with Gasteiger partial charge in [-0.2, -0.15) is 4.98 Å². The van der Waals surface area contributed by atoms with Gasteiger partial charge in [-0.05, 0) is 48.0 Å². The number of nitrogens with one attached hydrogen (secondary N) is 1. The highest BCUT2D eigenvalue weighted by molar-refractivity contribution is 5.90. The molecule has 0 atom stereocenters. The highest BCUT2D eigenvalue weighted by Crippen LogP contribution is 2.26. The highest BCUT2D eigenvalue weighted by Gasteiger charge is 2.13. The van der Waals surface area contributed by atoms with Gasteiger partial charge in [0.25, 0.3) is 17.7 Å². The van der Waals surface area contributed by atoms with E-state index in [1.165, 1.54) is 7.11 Å². The van der Waals surface area contributed by atoms with Crippen molar-refractivity contribution in [1.82, 2.24) is 10.1 Å². The van der Waals surface area contributed by atoms with Crippen molar-refractivity contribution in [3.8, 4) is 28.7 Å². The highest BCUT2D eigenvalue weighted by atomic mass is 16.5. The molecule has 0 aliphatic rings. The summed E-state index contributed by atoms with van der Waals surface area (Å²) < 4.78 is 21.4. The predicted octanol–water partition coefficient (Wildman–Crippen LogP) is 3.55. The third kappa shape index (κ3) is 5.00. The summed E-state index contributed by atoms with van der Waals surface area (Å²) in [5.41, 5.74) is 0.724. The minimum absolute atomic E-state index is 0.0648. The summed E-state index contributed by atoms with van der Waals surface area (Å²) >= 11 is 0. The lowest BCUT2D eigenvalue weighted by molar-refractivity contribution is -0.118. The van der Waals surface area contributed by atoms with Gasteiger partial charge in [0, 0.05) is 5.56 Å². The third-order valence-corrected chi connectivity index (χ3v) is 3.68. The monoisotopic (exact) mass is 383 g/mol. The Bertz CT molecular complexity index is 908. The Balaban J connectivity index is 1.56. The van der Waals surface area contributed by atoms with Gasteiger partial charge in [-0.15, -0.1) is 0 Å². The molecular weight excluding hydrogens is 362 g/mol. The number of hydrogen-bond acceptors (Lipinski definition) is 7. The van der Waals surface area contributed by atoms with Crippen molar-refractivity contribution in [2.24, 2.45) is 0 Å². The van der Waals surface area contributed by atoms with Gasteiger partial charge in [0.1, 0.15) is 5.75 Å². The summed E-state index contributed by atoms with van der Waals surface area (Å²) in [6.07, 6.45) is 0.940. The molecule has 0 bridgehead atoms. The smallest absolute Gasteiger partial charge is 0.270 e. The molecule has 1 heterocycles. The van der Waals surface area contributed by atoms with Crippen LogP contribution in [0.2, 0.25) is 0 Å². The number of methoxy groups -OCH3 is 1. The Morgan fingerprint density at radius 1 is 1.07 bits per heavy atom. The van der Waals surface area contributed by atoms with E-state index < -0.39 is 5.91 Å². The van der Waals surface area contributed by atoms with Crippen molar-refractivity contribution < 1.29 is 23.5 Å². The SMILES string of the molecule is CCCOc1ccc(-c2nc(NC(=O)COc3ccccc3OC)no2)cc1. The van der Waals surface area contributed by atoms with Gasteiger partial charge in [-0.3, -0.25) is 10.1 Å². The molecule has 0 saturated heterocycles. The number of para-hydroxylation sites is 2. The first-order chi connectivity index (χ1) is 13.7. The van der Waals surface area contributed by atoms with Gasteiger partial charge in [0.2, 0.25) is 0 Å². The fourth-order valence-electron chi connectivity index (χ4n) is 2.35. The first-order valence-electron chi connectivity index (χ1n) is 8.82. The van der Waals surface area contributed by atoms with Crippen LogP contribution < -0.4 is 19.5 Å². The van der Waals surface area contributed by atoms with Crippen LogP contribution >= 0.6 is 0 Å². The molecule has 3 aromatic rings. The predicted molar refractivity (Wildman–Crippen MR) is 103 cm³/mol. The second-order valence-corrected chi connectivity index (χ2v) is 5.78. The van der Waals surface area contributed by atoms with E-state index >= 15 is 0 Å². The van der Waals surface area contributed by atoms with Crippen molar-refractivity contribution in [3.05, 3.63) is 48.5 Å². The number of benzene rings is 2. The fraction of sp³-hybridized carbons (Fsp3) is 0.250. The first-order valence-corrected chi connectivity index (χ1v) is 8.82. The summed E-state index contributed by atoms with van der Waals surface area (Å²) in [7, 11) is 1.53. The zero-order valence-electron chi connectivity index (χ0n) is 15.7. The van der Waals surface area contributed by atoms with Gasteiger partial charge in [0.05, 0.1) is 13.7 Å². The average molecular weight is 383 g/mol. The van der Waals surface area contributed by atoms with E-state index in [1.54, 1.807) is 18.2 Å². The molecule has 0 spiro atoms. The molecule has 1 amide bonds. The number of aromatic nitrogens is 2. The standard InChI is InChI=1S/C20H21N3O5/c1-3-12-26-15-10-8-14(9-11-15)19-22-20(23-28-19)21-18(24)13-27-17-7-5-4-6-16(17)25-2/h4-11H,3,12-13H2,1-2H3,(H,21,23,24). The van der Waals surface area contributed by atoms with Crippen molar-refractivity contribution >= 4 is 11.9 Å². The quantitative estimate of drug-likeness (QED) is 0.603. The maximum atomic E-state index is 12.1. The number of nitrogens with zero attached hydrogens (tertiary/aromatic N) is 2. The minimum Gasteiger partial charge on any atom is -0.494 e. The molecule has 1 N–H and O–H groups in total. The van der Waals surface area contributed by atoms with Crippen LogP contribution in [0.3, 0.4) is 0 Å². The van der Waals surface area contributed by atoms with E-state index in [0.29, 0.717) is 24.0 Å². The zero-order chi connectivity index (χ0) is 19.8. The Kier molecular flexibility index (Phi) is 6.46.